The number of benzene rings is 1. The van der Waals surface area contributed by atoms with E-state index in [1.54, 1.807) is 0 Å². The van der Waals surface area contributed by atoms with Gasteiger partial charge < -0.3 is 9.88 Å². The van der Waals surface area contributed by atoms with Crippen molar-refractivity contribution < 1.29 is 0 Å². The first kappa shape index (κ1) is 11.1. The Morgan fingerprint density at radius 1 is 1.41 bits per heavy atom. The zero-order valence-electron chi connectivity index (χ0n) is 10.1. The second kappa shape index (κ2) is 4.00. The minimum atomic E-state index is 0.506. The first-order chi connectivity index (χ1) is 8.16. The van der Waals surface area contributed by atoms with Crippen LogP contribution < -0.4 is 5.32 Å². The highest BCUT2D eigenvalue weighted by atomic mass is 35.5. The SMILES string of the molecule is C[C@@H]1CNC[C@H]1c1nc2ccc(Cl)cc2n1C. The summed E-state index contributed by atoms with van der Waals surface area (Å²) in [5.74, 6) is 2.31. The molecule has 0 aliphatic carbocycles. The summed E-state index contributed by atoms with van der Waals surface area (Å²) < 4.78 is 2.18. The van der Waals surface area contributed by atoms with Crippen LogP contribution >= 0.6 is 11.6 Å². The van der Waals surface area contributed by atoms with Gasteiger partial charge in [0, 0.05) is 24.5 Å². The number of rotatable bonds is 1. The fourth-order valence-electron chi connectivity index (χ4n) is 2.67. The van der Waals surface area contributed by atoms with Crippen LogP contribution in [0.15, 0.2) is 18.2 Å². The molecule has 0 amide bonds. The lowest BCUT2D eigenvalue weighted by atomic mass is 9.97. The lowest BCUT2D eigenvalue weighted by molar-refractivity contribution is 0.533. The van der Waals surface area contributed by atoms with E-state index in [9.17, 15) is 0 Å². The minimum Gasteiger partial charge on any atom is -0.331 e. The third kappa shape index (κ3) is 1.74. The lowest BCUT2D eigenvalue weighted by Gasteiger charge is -2.13. The third-order valence-corrected chi connectivity index (χ3v) is 3.96. The van der Waals surface area contributed by atoms with E-state index < -0.39 is 0 Å². The number of fused-ring (bicyclic) bond motifs is 1. The van der Waals surface area contributed by atoms with E-state index in [4.69, 9.17) is 16.6 Å². The normalized spacial score (nSPS) is 24.6. The van der Waals surface area contributed by atoms with Crippen molar-refractivity contribution in [3.63, 3.8) is 0 Å². The molecule has 1 aromatic carbocycles. The van der Waals surface area contributed by atoms with Crippen LogP contribution in [0, 0.1) is 5.92 Å². The van der Waals surface area contributed by atoms with Gasteiger partial charge in [-0.1, -0.05) is 18.5 Å². The first-order valence-electron chi connectivity index (χ1n) is 5.99. The third-order valence-electron chi connectivity index (χ3n) is 3.73. The van der Waals surface area contributed by atoms with Crippen LogP contribution in [0.3, 0.4) is 0 Å². The topological polar surface area (TPSA) is 29.9 Å². The highest BCUT2D eigenvalue weighted by Gasteiger charge is 2.28. The van der Waals surface area contributed by atoms with Gasteiger partial charge in [-0.15, -0.1) is 0 Å². The van der Waals surface area contributed by atoms with Gasteiger partial charge in [-0.25, -0.2) is 4.98 Å². The summed E-state index contributed by atoms with van der Waals surface area (Å²) in [5.41, 5.74) is 2.15. The van der Waals surface area contributed by atoms with E-state index >= 15 is 0 Å². The molecule has 2 aromatic rings. The van der Waals surface area contributed by atoms with Gasteiger partial charge in [-0.2, -0.15) is 0 Å². The Labute approximate surface area is 106 Å². The van der Waals surface area contributed by atoms with Crippen molar-refractivity contribution in [3.05, 3.63) is 29.0 Å². The van der Waals surface area contributed by atoms with Crippen LogP contribution in [-0.4, -0.2) is 22.6 Å². The van der Waals surface area contributed by atoms with Gasteiger partial charge in [0.05, 0.1) is 11.0 Å². The maximum atomic E-state index is 6.03. The summed E-state index contributed by atoms with van der Waals surface area (Å²) in [7, 11) is 2.08. The highest BCUT2D eigenvalue weighted by molar-refractivity contribution is 6.31. The molecule has 0 unspecified atom stereocenters. The van der Waals surface area contributed by atoms with Gasteiger partial charge in [0.2, 0.25) is 0 Å². The molecule has 0 spiro atoms. The average Bonchev–Trinajstić information content (AvgIpc) is 2.84. The Morgan fingerprint density at radius 3 is 2.94 bits per heavy atom. The van der Waals surface area contributed by atoms with E-state index in [0.717, 1.165) is 29.1 Å². The number of aromatic nitrogens is 2. The number of imidazole rings is 1. The molecule has 1 fully saturated rings. The fraction of sp³-hybridized carbons (Fsp3) is 0.462. The summed E-state index contributed by atoms with van der Waals surface area (Å²) in [4.78, 5) is 4.75. The highest BCUT2D eigenvalue weighted by Crippen LogP contribution is 2.30. The van der Waals surface area contributed by atoms with Crippen molar-refractivity contribution in [2.75, 3.05) is 13.1 Å². The predicted molar refractivity (Wildman–Crippen MR) is 70.5 cm³/mol. The summed E-state index contributed by atoms with van der Waals surface area (Å²) in [5, 5.41) is 4.19. The van der Waals surface area contributed by atoms with Crippen LogP contribution in [0.2, 0.25) is 5.02 Å². The van der Waals surface area contributed by atoms with Gasteiger partial charge in [0.15, 0.2) is 0 Å². The van der Waals surface area contributed by atoms with Crippen molar-refractivity contribution >= 4 is 22.6 Å². The van der Waals surface area contributed by atoms with Gasteiger partial charge >= 0.3 is 0 Å². The van der Waals surface area contributed by atoms with Crippen LogP contribution in [0.25, 0.3) is 11.0 Å². The summed E-state index contributed by atoms with van der Waals surface area (Å²) in [6, 6.07) is 5.88. The van der Waals surface area contributed by atoms with Gasteiger partial charge in [0.1, 0.15) is 5.82 Å². The monoisotopic (exact) mass is 249 g/mol. The average molecular weight is 250 g/mol. The van der Waals surface area contributed by atoms with Crippen molar-refractivity contribution in [2.45, 2.75) is 12.8 Å². The summed E-state index contributed by atoms with van der Waals surface area (Å²) in [6.07, 6.45) is 0. The van der Waals surface area contributed by atoms with E-state index in [2.05, 4.69) is 23.9 Å². The Kier molecular flexibility index (Phi) is 2.60. The lowest BCUT2D eigenvalue weighted by Crippen LogP contribution is -2.13. The van der Waals surface area contributed by atoms with Crippen molar-refractivity contribution in [2.24, 2.45) is 13.0 Å². The first-order valence-corrected chi connectivity index (χ1v) is 6.37. The Bertz CT molecular complexity index is 561. The molecule has 90 valence electrons. The minimum absolute atomic E-state index is 0.506. The molecule has 17 heavy (non-hydrogen) atoms. The molecular weight excluding hydrogens is 234 g/mol. The van der Waals surface area contributed by atoms with Crippen LogP contribution in [-0.2, 0) is 7.05 Å². The standard InChI is InChI=1S/C13H16ClN3/c1-8-6-15-7-10(8)13-16-11-4-3-9(14)5-12(11)17(13)2/h3-5,8,10,15H,6-7H2,1-2H3/t8-,10-/m1/s1. The van der Waals surface area contributed by atoms with Crippen LogP contribution in [0.1, 0.15) is 18.7 Å². The maximum absolute atomic E-state index is 6.03. The molecule has 0 bridgehead atoms. The Morgan fingerprint density at radius 2 is 2.24 bits per heavy atom. The van der Waals surface area contributed by atoms with E-state index in [-0.39, 0.29) is 0 Å². The molecule has 1 N–H and O–H groups in total. The van der Waals surface area contributed by atoms with E-state index in [1.807, 2.05) is 18.2 Å². The molecule has 1 saturated heterocycles. The van der Waals surface area contributed by atoms with Crippen LogP contribution in [0.4, 0.5) is 0 Å². The fourth-order valence-corrected chi connectivity index (χ4v) is 2.84. The van der Waals surface area contributed by atoms with E-state index in [0.29, 0.717) is 11.8 Å². The zero-order chi connectivity index (χ0) is 12.0. The van der Waals surface area contributed by atoms with Gasteiger partial charge in [-0.05, 0) is 30.7 Å². The quantitative estimate of drug-likeness (QED) is 0.842. The molecule has 2 atom stereocenters. The molecule has 0 saturated carbocycles. The number of aryl methyl sites for hydroxylation is 1. The molecule has 3 rings (SSSR count). The van der Waals surface area contributed by atoms with Crippen molar-refractivity contribution in [1.29, 1.82) is 0 Å². The number of halogens is 1. The second-order valence-corrected chi connectivity index (χ2v) is 5.34. The summed E-state index contributed by atoms with van der Waals surface area (Å²) >= 11 is 6.03. The summed E-state index contributed by atoms with van der Waals surface area (Å²) in [6.45, 7) is 4.37. The van der Waals surface area contributed by atoms with Gasteiger partial charge in [0.25, 0.3) is 0 Å². The molecule has 1 aliphatic rings. The number of hydrogen-bond acceptors (Lipinski definition) is 2. The van der Waals surface area contributed by atoms with Gasteiger partial charge in [-0.3, -0.25) is 0 Å². The molecule has 4 heteroatoms. The molecule has 1 aliphatic heterocycles. The molecule has 0 radical (unpaired) electrons. The number of hydrogen-bond donors (Lipinski definition) is 1. The molecule has 2 heterocycles. The Balaban J connectivity index is 2.14. The largest absolute Gasteiger partial charge is 0.331 e. The predicted octanol–water partition coefficient (Wildman–Crippen LogP) is 2.55. The van der Waals surface area contributed by atoms with E-state index in [1.165, 1.54) is 5.82 Å². The maximum Gasteiger partial charge on any atom is 0.114 e. The molecule has 3 nitrogen and oxygen atoms in total. The van der Waals surface area contributed by atoms with Crippen molar-refractivity contribution in [1.82, 2.24) is 14.9 Å². The Hall–Kier alpha value is -1.06. The number of nitrogens with one attached hydrogen (secondary N) is 1. The van der Waals surface area contributed by atoms with Crippen LogP contribution in [0.5, 0.6) is 0 Å². The van der Waals surface area contributed by atoms with Crippen molar-refractivity contribution in [3.8, 4) is 0 Å². The molecular formula is C13H16ClN3. The zero-order valence-corrected chi connectivity index (χ0v) is 10.8. The second-order valence-electron chi connectivity index (χ2n) is 4.90. The smallest absolute Gasteiger partial charge is 0.114 e. The molecule has 1 aromatic heterocycles. The number of nitrogens with zero attached hydrogens (tertiary/aromatic N) is 2.